The van der Waals surface area contributed by atoms with Gasteiger partial charge < -0.3 is 15.2 Å². The number of ether oxygens (including phenoxy) is 1. The molecule has 0 aliphatic heterocycles. The molecular formula is C13H18N2O4. The maximum Gasteiger partial charge on any atom is 0.339 e. The summed E-state index contributed by atoms with van der Waals surface area (Å²) in [7, 11) is 1.31. The second-order valence-electron chi connectivity index (χ2n) is 4.17. The lowest BCUT2D eigenvalue weighted by atomic mass is 10.1. The van der Waals surface area contributed by atoms with Crippen LogP contribution in [0.25, 0.3) is 0 Å². The molecule has 0 amide bonds. The van der Waals surface area contributed by atoms with Crippen LogP contribution in [0.2, 0.25) is 0 Å². The SMILES string of the molecule is CCC(CC(=O)O)Nc1ccc(C(=O)OC)c(C)n1. The highest BCUT2D eigenvalue weighted by molar-refractivity contribution is 5.90. The Hall–Kier alpha value is -2.11. The van der Waals surface area contributed by atoms with Gasteiger partial charge in [0.15, 0.2) is 0 Å². The number of rotatable bonds is 6. The highest BCUT2D eigenvalue weighted by Gasteiger charge is 2.14. The van der Waals surface area contributed by atoms with Gasteiger partial charge in [-0.2, -0.15) is 0 Å². The number of aryl methyl sites for hydroxylation is 1. The van der Waals surface area contributed by atoms with E-state index in [1.807, 2.05) is 6.92 Å². The zero-order valence-electron chi connectivity index (χ0n) is 11.3. The second-order valence-corrected chi connectivity index (χ2v) is 4.17. The van der Waals surface area contributed by atoms with Gasteiger partial charge in [-0.15, -0.1) is 0 Å². The molecule has 2 N–H and O–H groups in total. The van der Waals surface area contributed by atoms with Crippen molar-refractivity contribution in [1.29, 1.82) is 0 Å². The van der Waals surface area contributed by atoms with Gasteiger partial charge in [0.2, 0.25) is 0 Å². The minimum Gasteiger partial charge on any atom is -0.481 e. The molecule has 6 heteroatoms. The van der Waals surface area contributed by atoms with E-state index in [2.05, 4.69) is 15.0 Å². The first kappa shape index (κ1) is 14.9. The van der Waals surface area contributed by atoms with Crippen molar-refractivity contribution in [3.63, 3.8) is 0 Å². The van der Waals surface area contributed by atoms with Crippen LogP contribution in [-0.2, 0) is 9.53 Å². The number of anilines is 1. The molecule has 0 aliphatic rings. The summed E-state index contributed by atoms with van der Waals surface area (Å²) in [5.74, 6) is -0.741. The van der Waals surface area contributed by atoms with Gasteiger partial charge in [-0.1, -0.05) is 6.92 Å². The van der Waals surface area contributed by atoms with Crippen LogP contribution >= 0.6 is 0 Å². The third kappa shape index (κ3) is 4.24. The van der Waals surface area contributed by atoms with Crippen LogP contribution in [0.3, 0.4) is 0 Å². The number of aliphatic carboxylic acids is 1. The highest BCUT2D eigenvalue weighted by Crippen LogP contribution is 2.14. The number of nitrogens with one attached hydrogen (secondary N) is 1. The topological polar surface area (TPSA) is 88.5 Å². The summed E-state index contributed by atoms with van der Waals surface area (Å²) < 4.78 is 4.63. The predicted molar refractivity (Wildman–Crippen MR) is 70.3 cm³/mol. The van der Waals surface area contributed by atoms with Gasteiger partial charge >= 0.3 is 11.9 Å². The molecule has 0 saturated carbocycles. The van der Waals surface area contributed by atoms with Crippen molar-refractivity contribution < 1.29 is 19.4 Å². The summed E-state index contributed by atoms with van der Waals surface area (Å²) in [4.78, 5) is 26.3. The van der Waals surface area contributed by atoms with Crippen molar-refractivity contribution in [2.45, 2.75) is 32.7 Å². The van der Waals surface area contributed by atoms with Gasteiger partial charge in [-0.3, -0.25) is 4.79 Å². The zero-order chi connectivity index (χ0) is 14.4. The lowest BCUT2D eigenvalue weighted by molar-refractivity contribution is -0.137. The minimum absolute atomic E-state index is 0.0238. The molecule has 1 atom stereocenters. The number of methoxy groups -OCH3 is 1. The molecule has 0 saturated heterocycles. The van der Waals surface area contributed by atoms with Crippen LogP contribution in [0.4, 0.5) is 5.82 Å². The van der Waals surface area contributed by atoms with E-state index < -0.39 is 11.9 Å². The number of nitrogens with zero attached hydrogens (tertiary/aromatic N) is 1. The first-order valence-corrected chi connectivity index (χ1v) is 6.02. The summed E-state index contributed by atoms with van der Waals surface area (Å²) in [5.41, 5.74) is 0.946. The fraction of sp³-hybridized carbons (Fsp3) is 0.462. The Morgan fingerprint density at radius 1 is 1.47 bits per heavy atom. The Morgan fingerprint density at radius 2 is 2.16 bits per heavy atom. The van der Waals surface area contributed by atoms with Gasteiger partial charge in [0.25, 0.3) is 0 Å². The van der Waals surface area contributed by atoms with Crippen LogP contribution in [-0.4, -0.2) is 35.2 Å². The van der Waals surface area contributed by atoms with E-state index in [1.165, 1.54) is 7.11 Å². The van der Waals surface area contributed by atoms with E-state index in [0.29, 0.717) is 23.5 Å². The monoisotopic (exact) mass is 266 g/mol. The number of carboxylic acids is 1. The zero-order valence-corrected chi connectivity index (χ0v) is 11.3. The highest BCUT2D eigenvalue weighted by atomic mass is 16.5. The molecule has 1 rings (SSSR count). The van der Waals surface area contributed by atoms with Crippen LogP contribution < -0.4 is 5.32 Å². The maximum absolute atomic E-state index is 11.4. The Bertz CT molecular complexity index is 474. The third-order valence-corrected chi connectivity index (χ3v) is 2.76. The molecule has 19 heavy (non-hydrogen) atoms. The summed E-state index contributed by atoms with van der Waals surface area (Å²) in [5, 5.41) is 11.8. The Balaban J connectivity index is 2.83. The Morgan fingerprint density at radius 3 is 2.63 bits per heavy atom. The number of pyridine rings is 1. The molecule has 1 aromatic rings. The van der Waals surface area contributed by atoms with Gasteiger partial charge in [0, 0.05) is 6.04 Å². The Labute approximate surface area is 111 Å². The molecule has 0 bridgehead atoms. The molecule has 0 spiro atoms. The van der Waals surface area contributed by atoms with Crippen LogP contribution in [0.15, 0.2) is 12.1 Å². The molecule has 1 heterocycles. The van der Waals surface area contributed by atoms with Gasteiger partial charge in [0.05, 0.1) is 24.8 Å². The lowest BCUT2D eigenvalue weighted by Crippen LogP contribution is -2.23. The third-order valence-electron chi connectivity index (χ3n) is 2.76. The van der Waals surface area contributed by atoms with Crippen LogP contribution in [0, 0.1) is 6.92 Å². The fourth-order valence-corrected chi connectivity index (χ4v) is 1.68. The molecule has 0 radical (unpaired) electrons. The first-order chi connectivity index (χ1) is 8.97. The normalized spacial score (nSPS) is 11.7. The quantitative estimate of drug-likeness (QED) is 0.764. The van der Waals surface area contributed by atoms with E-state index in [4.69, 9.17) is 5.11 Å². The molecule has 1 aromatic heterocycles. The molecule has 1 unspecified atom stereocenters. The largest absolute Gasteiger partial charge is 0.481 e. The Kier molecular flexibility index (Phi) is 5.29. The average molecular weight is 266 g/mol. The summed E-state index contributed by atoms with van der Waals surface area (Å²) in [6.07, 6.45) is 0.696. The van der Waals surface area contributed by atoms with Crippen molar-refractivity contribution in [2.75, 3.05) is 12.4 Å². The van der Waals surface area contributed by atoms with Crippen molar-refractivity contribution in [2.24, 2.45) is 0 Å². The van der Waals surface area contributed by atoms with E-state index in [-0.39, 0.29) is 12.5 Å². The average Bonchev–Trinajstić information content (AvgIpc) is 2.36. The first-order valence-electron chi connectivity index (χ1n) is 6.02. The van der Waals surface area contributed by atoms with Gasteiger partial charge in [0.1, 0.15) is 5.82 Å². The smallest absolute Gasteiger partial charge is 0.339 e. The molecule has 0 aromatic carbocycles. The van der Waals surface area contributed by atoms with Crippen molar-refractivity contribution in [3.05, 3.63) is 23.4 Å². The summed E-state index contributed by atoms with van der Waals surface area (Å²) >= 11 is 0. The number of esters is 1. The van der Waals surface area contributed by atoms with Gasteiger partial charge in [-0.05, 0) is 25.5 Å². The molecule has 0 fully saturated rings. The number of carbonyl (C=O) groups excluding carboxylic acids is 1. The summed E-state index contributed by atoms with van der Waals surface area (Å²) in [6.45, 7) is 3.60. The van der Waals surface area contributed by atoms with Crippen LogP contribution in [0.5, 0.6) is 0 Å². The van der Waals surface area contributed by atoms with Crippen LogP contribution in [0.1, 0.15) is 35.8 Å². The maximum atomic E-state index is 11.4. The van der Waals surface area contributed by atoms with E-state index >= 15 is 0 Å². The molecule has 0 aliphatic carbocycles. The lowest BCUT2D eigenvalue weighted by Gasteiger charge is -2.16. The standard InChI is InChI=1S/C13H18N2O4/c1-4-9(7-12(16)17)15-11-6-5-10(8(2)14-11)13(18)19-3/h5-6,9H,4,7H2,1-3H3,(H,14,15)(H,16,17). The number of carboxylic acid groups (broad SMARTS) is 1. The summed E-state index contributed by atoms with van der Waals surface area (Å²) in [6, 6.07) is 3.07. The van der Waals surface area contributed by atoms with Crippen molar-refractivity contribution in [3.8, 4) is 0 Å². The number of hydrogen-bond acceptors (Lipinski definition) is 5. The van der Waals surface area contributed by atoms with Crippen molar-refractivity contribution in [1.82, 2.24) is 4.98 Å². The number of carbonyl (C=O) groups is 2. The fourth-order valence-electron chi connectivity index (χ4n) is 1.68. The van der Waals surface area contributed by atoms with Gasteiger partial charge in [-0.25, -0.2) is 9.78 Å². The predicted octanol–water partition coefficient (Wildman–Crippen LogP) is 1.84. The van der Waals surface area contributed by atoms with E-state index in [1.54, 1.807) is 19.1 Å². The second kappa shape index (κ2) is 6.72. The molecule has 104 valence electrons. The minimum atomic E-state index is -0.859. The molecule has 6 nitrogen and oxygen atoms in total. The number of aromatic nitrogens is 1. The van der Waals surface area contributed by atoms with E-state index in [9.17, 15) is 9.59 Å². The van der Waals surface area contributed by atoms with Crippen molar-refractivity contribution >= 4 is 17.8 Å². The van der Waals surface area contributed by atoms with E-state index in [0.717, 1.165) is 0 Å². The molecular weight excluding hydrogens is 248 g/mol. The number of hydrogen-bond donors (Lipinski definition) is 2.